The number of hydrogen-bond acceptors (Lipinski definition) is 5. The molecule has 2 aliphatic heterocycles. The Morgan fingerprint density at radius 3 is 2.84 bits per heavy atom. The summed E-state index contributed by atoms with van der Waals surface area (Å²) in [7, 11) is 0. The molecule has 1 aromatic carbocycles. The van der Waals surface area contributed by atoms with Gasteiger partial charge < -0.3 is 14.6 Å². The lowest BCUT2D eigenvalue weighted by atomic mass is 10.2. The highest BCUT2D eigenvalue weighted by Crippen LogP contribution is 2.38. The number of fused-ring (bicyclic) bond motifs is 1. The van der Waals surface area contributed by atoms with E-state index in [2.05, 4.69) is 5.32 Å². The second-order valence-corrected chi connectivity index (χ2v) is 5.67. The second-order valence-electron chi connectivity index (χ2n) is 4.53. The normalized spacial score (nSPS) is 25.9. The Hall–Kier alpha value is -1.40. The lowest BCUT2D eigenvalue weighted by molar-refractivity contribution is -0.138. The quantitative estimate of drug-likeness (QED) is 0.859. The van der Waals surface area contributed by atoms with Crippen LogP contribution >= 0.6 is 11.8 Å². The highest BCUT2D eigenvalue weighted by molar-refractivity contribution is 7.99. The van der Waals surface area contributed by atoms with Gasteiger partial charge in [-0.15, -0.1) is 11.8 Å². The van der Waals surface area contributed by atoms with Crippen LogP contribution in [0.25, 0.3) is 0 Å². The van der Waals surface area contributed by atoms with E-state index in [9.17, 15) is 4.79 Å². The Bertz CT molecular complexity index is 494. The molecule has 2 aliphatic rings. The van der Waals surface area contributed by atoms with Crippen molar-refractivity contribution in [3.63, 3.8) is 0 Å². The maximum atomic E-state index is 10.9. The van der Waals surface area contributed by atoms with Crippen LogP contribution in [0.2, 0.25) is 0 Å². The van der Waals surface area contributed by atoms with Crippen LogP contribution in [0, 0.1) is 0 Å². The standard InChI is InChI=1S/C13H15NO4S/c15-13(16)9-7-19-12(14-9)8-2-3-10-11(6-8)18-5-1-4-17-10/h2-3,6,9,12,14H,1,4-5,7H2,(H,15,16)/t9-,12?/m0/s1. The molecule has 2 atom stereocenters. The summed E-state index contributed by atoms with van der Waals surface area (Å²) in [6.07, 6.45) is 0.877. The number of ether oxygens (including phenoxy) is 2. The van der Waals surface area contributed by atoms with Crippen LogP contribution in [0.1, 0.15) is 17.4 Å². The number of aliphatic carboxylic acids is 1. The highest BCUT2D eigenvalue weighted by atomic mass is 32.2. The maximum absolute atomic E-state index is 10.9. The first-order valence-electron chi connectivity index (χ1n) is 6.24. The molecule has 3 rings (SSSR count). The molecule has 1 saturated heterocycles. The fourth-order valence-corrected chi connectivity index (χ4v) is 3.37. The van der Waals surface area contributed by atoms with Crippen molar-refractivity contribution in [3.05, 3.63) is 23.8 Å². The van der Waals surface area contributed by atoms with Crippen molar-refractivity contribution in [2.24, 2.45) is 0 Å². The van der Waals surface area contributed by atoms with Gasteiger partial charge in [0.25, 0.3) is 0 Å². The van der Waals surface area contributed by atoms with Crippen molar-refractivity contribution in [3.8, 4) is 11.5 Å². The van der Waals surface area contributed by atoms with Crippen molar-refractivity contribution in [1.82, 2.24) is 5.32 Å². The minimum Gasteiger partial charge on any atom is -0.490 e. The first-order chi connectivity index (χ1) is 9.24. The van der Waals surface area contributed by atoms with Crippen molar-refractivity contribution >= 4 is 17.7 Å². The fraction of sp³-hybridized carbons (Fsp3) is 0.462. The van der Waals surface area contributed by atoms with Gasteiger partial charge >= 0.3 is 5.97 Å². The zero-order valence-electron chi connectivity index (χ0n) is 10.3. The monoisotopic (exact) mass is 281 g/mol. The van der Waals surface area contributed by atoms with Gasteiger partial charge in [0.2, 0.25) is 0 Å². The van der Waals surface area contributed by atoms with Gasteiger partial charge in [-0.25, -0.2) is 0 Å². The van der Waals surface area contributed by atoms with Crippen LogP contribution in [0.3, 0.4) is 0 Å². The Labute approximate surface area is 115 Å². The minimum absolute atomic E-state index is 0.00162. The van der Waals surface area contributed by atoms with E-state index >= 15 is 0 Å². The lowest BCUT2D eigenvalue weighted by Crippen LogP contribution is -2.33. The van der Waals surface area contributed by atoms with E-state index in [0.29, 0.717) is 19.0 Å². The summed E-state index contributed by atoms with van der Waals surface area (Å²) in [5.41, 5.74) is 1.03. The van der Waals surface area contributed by atoms with Crippen LogP contribution in [-0.4, -0.2) is 36.1 Å². The van der Waals surface area contributed by atoms with Gasteiger partial charge in [0.1, 0.15) is 6.04 Å². The molecule has 0 amide bonds. The van der Waals surface area contributed by atoms with Gasteiger partial charge in [-0.1, -0.05) is 6.07 Å². The van der Waals surface area contributed by atoms with Crippen LogP contribution in [-0.2, 0) is 4.79 Å². The summed E-state index contributed by atoms with van der Waals surface area (Å²) in [6, 6.07) is 5.32. The Kier molecular flexibility index (Phi) is 3.52. The van der Waals surface area contributed by atoms with Crippen LogP contribution in [0.5, 0.6) is 11.5 Å². The number of nitrogens with one attached hydrogen (secondary N) is 1. The first kappa shape index (κ1) is 12.6. The molecule has 0 spiro atoms. The molecule has 0 aromatic heterocycles. The summed E-state index contributed by atoms with van der Waals surface area (Å²) in [5, 5.41) is 12.1. The largest absolute Gasteiger partial charge is 0.490 e. The molecule has 0 radical (unpaired) electrons. The van der Waals surface area contributed by atoms with Gasteiger partial charge in [0.05, 0.1) is 18.6 Å². The molecular formula is C13H15NO4S. The van der Waals surface area contributed by atoms with E-state index in [0.717, 1.165) is 23.5 Å². The number of thioether (sulfide) groups is 1. The molecule has 102 valence electrons. The van der Waals surface area contributed by atoms with E-state index < -0.39 is 12.0 Å². The van der Waals surface area contributed by atoms with Crippen molar-refractivity contribution in [2.75, 3.05) is 19.0 Å². The molecule has 2 N–H and O–H groups in total. The van der Waals surface area contributed by atoms with Crippen molar-refractivity contribution < 1.29 is 19.4 Å². The summed E-state index contributed by atoms with van der Waals surface area (Å²) in [6.45, 7) is 1.32. The SMILES string of the molecule is O=C(O)[C@@H]1CSC(c2ccc3c(c2)OCCCO3)N1. The summed E-state index contributed by atoms with van der Waals surface area (Å²) in [4.78, 5) is 10.9. The van der Waals surface area contributed by atoms with Gasteiger partial charge in [-0.2, -0.15) is 0 Å². The molecule has 1 fully saturated rings. The van der Waals surface area contributed by atoms with Crippen LogP contribution in [0.4, 0.5) is 0 Å². The third-order valence-electron chi connectivity index (χ3n) is 3.15. The smallest absolute Gasteiger partial charge is 0.321 e. The first-order valence-corrected chi connectivity index (χ1v) is 7.29. The lowest BCUT2D eigenvalue weighted by Gasteiger charge is -2.14. The van der Waals surface area contributed by atoms with Gasteiger partial charge in [0.15, 0.2) is 11.5 Å². The van der Waals surface area contributed by atoms with Gasteiger partial charge in [0, 0.05) is 12.2 Å². The topological polar surface area (TPSA) is 67.8 Å². The predicted octanol–water partition coefficient (Wildman–Crippen LogP) is 1.64. The molecule has 0 saturated carbocycles. The Balaban J connectivity index is 1.79. The van der Waals surface area contributed by atoms with Crippen LogP contribution < -0.4 is 14.8 Å². The molecule has 19 heavy (non-hydrogen) atoms. The third-order valence-corrected chi connectivity index (χ3v) is 4.42. The van der Waals surface area contributed by atoms with E-state index in [4.69, 9.17) is 14.6 Å². The van der Waals surface area contributed by atoms with Crippen LogP contribution in [0.15, 0.2) is 18.2 Å². The average molecular weight is 281 g/mol. The van der Waals surface area contributed by atoms with E-state index in [1.165, 1.54) is 0 Å². The molecule has 2 heterocycles. The number of carboxylic acids is 1. The zero-order chi connectivity index (χ0) is 13.2. The van der Waals surface area contributed by atoms with E-state index in [1.54, 1.807) is 11.8 Å². The summed E-state index contributed by atoms with van der Waals surface area (Å²) < 4.78 is 11.2. The number of rotatable bonds is 2. The molecular weight excluding hydrogens is 266 g/mol. The van der Waals surface area contributed by atoms with Gasteiger partial charge in [-0.3, -0.25) is 10.1 Å². The third kappa shape index (κ3) is 2.64. The molecule has 0 aliphatic carbocycles. The summed E-state index contributed by atoms with van der Waals surface area (Å²) in [5.74, 6) is 1.29. The average Bonchev–Trinajstić information content (AvgIpc) is 2.78. The second kappa shape index (κ2) is 5.30. The number of hydrogen-bond donors (Lipinski definition) is 2. The number of benzene rings is 1. The Morgan fingerprint density at radius 1 is 1.32 bits per heavy atom. The molecule has 1 aromatic rings. The van der Waals surface area contributed by atoms with E-state index in [1.807, 2.05) is 18.2 Å². The maximum Gasteiger partial charge on any atom is 0.321 e. The minimum atomic E-state index is -0.802. The predicted molar refractivity (Wildman–Crippen MR) is 71.8 cm³/mol. The molecule has 5 nitrogen and oxygen atoms in total. The fourth-order valence-electron chi connectivity index (χ4n) is 2.15. The van der Waals surface area contributed by atoms with Gasteiger partial charge in [-0.05, 0) is 17.7 Å². The number of carboxylic acid groups (broad SMARTS) is 1. The molecule has 6 heteroatoms. The zero-order valence-corrected chi connectivity index (χ0v) is 11.1. The Morgan fingerprint density at radius 2 is 2.11 bits per heavy atom. The number of carbonyl (C=O) groups is 1. The molecule has 0 bridgehead atoms. The van der Waals surface area contributed by atoms with E-state index in [-0.39, 0.29) is 5.37 Å². The summed E-state index contributed by atoms with van der Waals surface area (Å²) >= 11 is 1.60. The highest BCUT2D eigenvalue weighted by Gasteiger charge is 2.30. The van der Waals surface area contributed by atoms with Crippen molar-refractivity contribution in [2.45, 2.75) is 17.8 Å². The van der Waals surface area contributed by atoms with Crippen molar-refractivity contribution in [1.29, 1.82) is 0 Å². The molecule has 1 unspecified atom stereocenters.